The highest BCUT2D eigenvalue weighted by atomic mass is 16.3. The average molecular weight is 164 g/mol. The Kier molecular flexibility index (Phi) is 2.55. The smallest absolute Gasteiger partial charge is 0.125 e. The molecule has 1 aromatic rings. The highest BCUT2D eigenvalue weighted by Crippen LogP contribution is 2.16. The van der Waals surface area contributed by atoms with E-state index < -0.39 is 6.10 Å². The molecule has 0 amide bonds. The molecule has 1 heterocycles. The monoisotopic (exact) mass is 164 g/mol. The highest BCUT2D eigenvalue weighted by Gasteiger charge is 2.08. The predicted octanol–water partition coefficient (Wildman–Crippen LogP) is 1.39. The van der Waals surface area contributed by atoms with Crippen LogP contribution in [0.2, 0.25) is 0 Å². The van der Waals surface area contributed by atoms with Crippen molar-refractivity contribution < 1.29 is 5.11 Å². The molecular weight excluding hydrogens is 152 g/mol. The van der Waals surface area contributed by atoms with Gasteiger partial charge < -0.3 is 5.11 Å². The lowest BCUT2D eigenvalue weighted by molar-refractivity contribution is 0.211. The molecular formula is C9H12N2O. The van der Waals surface area contributed by atoms with Crippen molar-refractivity contribution in [3.05, 3.63) is 35.9 Å². The third kappa shape index (κ3) is 1.89. The molecule has 0 fully saturated rings. The fourth-order valence-electron chi connectivity index (χ4n) is 0.879. The Hall–Kier alpha value is -1.22. The van der Waals surface area contributed by atoms with E-state index in [2.05, 4.69) is 16.5 Å². The Labute approximate surface area is 71.8 Å². The molecule has 3 heteroatoms. The summed E-state index contributed by atoms with van der Waals surface area (Å²) >= 11 is 0. The normalized spacial score (nSPS) is 12.6. The zero-order valence-corrected chi connectivity index (χ0v) is 7.28. The van der Waals surface area contributed by atoms with Crippen molar-refractivity contribution in [2.45, 2.75) is 20.0 Å². The van der Waals surface area contributed by atoms with E-state index in [0.29, 0.717) is 17.1 Å². The van der Waals surface area contributed by atoms with E-state index >= 15 is 0 Å². The van der Waals surface area contributed by atoms with Gasteiger partial charge in [0, 0.05) is 6.20 Å². The van der Waals surface area contributed by atoms with Crippen LogP contribution in [0, 0.1) is 6.92 Å². The molecule has 0 aliphatic carbocycles. The lowest BCUT2D eigenvalue weighted by Crippen LogP contribution is -2.02. The van der Waals surface area contributed by atoms with Crippen molar-refractivity contribution in [3.63, 3.8) is 0 Å². The van der Waals surface area contributed by atoms with E-state index in [1.807, 2.05) is 0 Å². The Morgan fingerprint density at radius 3 is 2.83 bits per heavy atom. The topological polar surface area (TPSA) is 46.0 Å². The predicted molar refractivity (Wildman–Crippen MR) is 46.5 cm³/mol. The molecule has 1 aromatic heterocycles. The van der Waals surface area contributed by atoms with Crippen LogP contribution in [0.3, 0.4) is 0 Å². The van der Waals surface area contributed by atoms with E-state index in [4.69, 9.17) is 0 Å². The zero-order valence-electron chi connectivity index (χ0n) is 7.28. The van der Waals surface area contributed by atoms with Crippen molar-refractivity contribution in [2.75, 3.05) is 0 Å². The summed E-state index contributed by atoms with van der Waals surface area (Å²) in [5, 5.41) is 9.53. The summed E-state index contributed by atoms with van der Waals surface area (Å²) in [4.78, 5) is 8.00. The molecule has 0 bridgehead atoms. The molecule has 0 aliphatic heterocycles. The second kappa shape index (κ2) is 3.45. The Morgan fingerprint density at radius 2 is 2.33 bits per heavy atom. The number of aliphatic hydroxyl groups is 1. The van der Waals surface area contributed by atoms with Gasteiger partial charge in [-0.2, -0.15) is 0 Å². The first-order valence-corrected chi connectivity index (χ1v) is 3.74. The lowest BCUT2D eigenvalue weighted by atomic mass is 10.1. The van der Waals surface area contributed by atoms with Gasteiger partial charge in [-0.3, -0.25) is 0 Å². The van der Waals surface area contributed by atoms with Crippen LogP contribution in [-0.2, 0) is 0 Å². The van der Waals surface area contributed by atoms with Gasteiger partial charge in [0.15, 0.2) is 0 Å². The van der Waals surface area contributed by atoms with Crippen LogP contribution in [0.4, 0.5) is 0 Å². The second-order valence-electron chi connectivity index (χ2n) is 2.78. The molecule has 1 rings (SSSR count). The zero-order chi connectivity index (χ0) is 9.14. The first-order valence-electron chi connectivity index (χ1n) is 3.74. The molecule has 0 spiro atoms. The van der Waals surface area contributed by atoms with Crippen molar-refractivity contribution in [1.82, 2.24) is 9.97 Å². The second-order valence-corrected chi connectivity index (χ2v) is 2.78. The minimum absolute atomic E-state index is 0.606. The molecule has 0 radical (unpaired) electrons. The Morgan fingerprint density at radius 1 is 1.67 bits per heavy atom. The third-order valence-electron chi connectivity index (χ3n) is 1.54. The molecule has 12 heavy (non-hydrogen) atoms. The number of hydrogen-bond acceptors (Lipinski definition) is 3. The van der Waals surface area contributed by atoms with Gasteiger partial charge >= 0.3 is 0 Å². The Bertz CT molecular complexity index is 296. The van der Waals surface area contributed by atoms with Crippen molar-refractivity contribution in [3.8, 4) is 0 Å². The van der Waals surface area contributed by atoms with Crippen LogP contribution >= 0.6 is 0 Å². The summed E-state index contributed by atoms with van der Waals surface area (Å²) < 4.78 is 0. The highest BCUT2D eigenvalue weighted by molar-refractivity contribution is 5.14. The minimum atomic E-state index is -0.674. The first-order chi connectivity index (χ1) is 5.61. The van der Waals surface area contributed by atoms with Gasteiger partial charge in [-0.25, -0.2) is 9.97 Å². The maximum atomic E-state index is 9.53. The molecule has 0 saturated heterocycles. The summed E-state index contributed by atoms with van der Waals surface area (Å²) in [7, 11) is 0. The van der Waals surface area contributed by atoms with Gasteiger partial charge in [0.2, 0.25) is 0 Å². The molecule has 1 atom stereocenters. The van der Waals surface area contributed by atoms with E-state index in [0.717, 1.165) is 0 Å². The van der Waals surface area contributed by atoms with Crippen LogP contribution in [0.5, 0.6) is 0 Å². The number of nitrogens with zero attached hydrogens (tertiary/aromatic N) is 2. The van der Waals surface area contributed by atoms with Crippen LogP contribution in [0.15, 0.2) is 24.4 Å². The Balaban J connectivity index is 2.95. The summed E-state index contributed by atoms with van der Waals surface area (Å²) in [6, 6.07) is 1.69. The number of hydrogen-bond donors (Lipinski definition) is 1. The van der Waals surface area contributed by atoms with E-state index in [-0.39, 0.29) is 0 Å². The van der Waals surface area contributed by atoms with Gasteiger partial charge in [-0.15, -0.1) is 0 Å². The maximum absolute atomic E-state index is 9.53. The standard InChI is InChI=1S/C9H12N2O/c1-6(2)9(12)8-4-5-10-7(3)11-8/h4-5,9,12H,1H2,2-3H3. The summed E-state index contributed by atoms with van der Waals surface area (Å²) in [5.41, 5.74) is 1.29. The molecule has 0 aliphatic rings. The molecule has 0 aromatic carbocycles. The average Bonchev–Trinajstić information content (AvgIpc) is 2.03. The third-order valence-corrected chi connectivity index (χ3v) is 1.54. The molecule has 1 unspecified atom stereocenters. The molecule has 3 nitrogen and oxygen atoms in total. The summed E-state index contributed by atoms with van der Waals surface area (Å²) in [5.74, 6) is 0.660. The number of aliphatic hydroxyl groups excluding tert-OH is 1. The van der Waals surface area contributed by atoms with Gasteiger partial charge in [-0.05, 0) is 25.5 Å². The first kappa shape index (κ1) is 8.87. The van der Waals surface area contributed by atoms with Crippen LogP contribution < -0.4 is 0 Å². The van der Waals surface area contributed by atoms with Crippen molar-refractivity contribution in [1.29, 1.82) is 0 Å². The van der Waals surface area contributed by atoms with Crippen molar-refractivity contribution in [2.24, 2.45) is 0 Å². The van der Waals surface area contributed by atoms with Gasteiger partial charge in [0.05, 0.1) is 5.69 Å². The fourth-order valence-corrected chi connectivity index (χ4v) is 0.879. The summed E-state index contributed by atoms with van der Waals surface area (Å²) in [6.07, 6.45) is 0.954. The largest absolute Gasteiger partial charge is 0.382 e. The number of rotatable bonds is 2. The van der Waals surface area contributed by atoms with Gasteiger partial charge in [-0.1, -0.05) is 6.58 Å². The molecule has 64 valence electrons. The minimum Gasteiger partial charge on any atom is -0.382 e. The number of aryl methyl sites for hydroxylation is 1. The van der Waals surface area contributed by atoms with E-state index in [1.54, 1.807) is 26.1 Å². The van der Waals surface area contributed by atoms with Crippen LogP contribution in [0.25, 0.3) is 0 Å². The van der Waals surface area contributed by atoms with Crippen LogP contribution in [0.1, 0.15) is 24.5 Å². The van der Waals surface area contributed by atoms with E-state index in [1.165, 1.54) is 0 Å². The van der Waals surface area contributed by atoms with Crippen LogP contribution in [-0.4, -0.2) is 15.1 Å². The molecule has 1 N–H and O–H groups in total. The molecule has 0 saturated carbocycles. The lowest BCUT2D eigenvalue weighted by Gasteiger charge is -2.08. The fraction of sp³-hybridized carbons (Fsp3) is 0.333. The SMILES string of the molecule is C=C(C)C(O)c1ccnc(C)n1. The van der Waals surface area contributed by atoms with Gasteiger partial charge in [0.1, 0.15) is 11.9 Å². The van der Waals surface area contributed by atoms with E-state index in [9.17, 15) is 5.11 Å². The number of aromatic nitrogens is 2. The quantitative estimate of drug-likeness (QED) is 0.672. The van der Waals surface area contributed by atoms with Gasteiger partial charge in [0.25, 0.3) is 0 Å². The maximum Gasteiger partial charge on any atom is 0.125 e. The van der Waals surface area contributed by atoms with Crippen molar-refractivity contribution >= 4 is 0 Å². The summed E-state index contributed by atoms with van der Waals surface area (Å²) in [6.45, 7) is 7.20.